The molecule has 20 heavy (non-hydrogen) atoms. The molecule has 0 saturated heterocycles. The highest BCUT2D eigenvalue weighted by Gasteiger charge is 2.29. The summed E-state index contributed by atoms with van der Waals surface area (Å²) in [6.45, 7) is 1.87. The topological polar surface area (TPSA) is 43.4 Å². The van der Waals surface area contributed by atoms with Gasteiger partial charge in [-0.1, -0.05) is 19.8 Å². The molecule has 1 rings (SSSR count). The molecule has 0 aliphatic rings. The number of ether oxygens (including phenoxy) is 1. The van der Waals surface area contributed by atoms with Crippen molar-refractivity contribution >= 4 is 11.8 Å². The summed E-state index contributed by atoms with van der Waals surface area (Å²) in [5, 5.41) is 0. The third kappa shape index (κ3) is 3.59. The Labute approximate surface area is 114 Å². The van der Waals surface area contributed by atoms with E-state index in [-0.39, 0.29) is 12.0 Å². The number of rotatable bonds is 6. The van der Waals surface area contributed by atoms with Gasteiger partial charge in [0.2, 0.25) is 0 Å². The van der Waals surface area contributed by atoms with Crippen molar-refractivity contribution in [3.63, 3.8) is 0 Å². The monoisotopic (exact) mass is 288 g/mol. The molecular formula is C14H15F3O3. The molecule has 1 unspecified atom stereocenters. The van der Waals surface area contributed by atoms with Gasteiger partial charge in [-0.15, -0.1) is 0 Å². The lowest BCUT2D eigenvalue weighted by Gasteiger charge is -2.13. The zero-order valence-electron chi connectivity index (χ0n) is 11.2. The second-order valence-corrected chi connectivity index (χ2v) is 4.34. The number of ketones is 1. The van der Waals surface area contributed by atoms with Crippen molar-refractivity contribution in [3.8, 4) is 0 Å². The first-order valence-electron chi connectivity index (χ1n) is 6.18. The maximum absolute atomic E-state index is 13.1. The zero-order valence-corrected chi connectivity index (χ0v) is 11.2. The van der Waals surface area contributed by atoms with Gasteiger partial charge >= 0.3 is 5.97 Å². The fraction of sp³-hybridized carbons (Fsp3) is 0.429. The van der Waals surface area contributed by atoms with E-state index in [1.165, 1.54) is 0 Å². The maximum atomic E-state index is 13.1. The smallest absolute Gasteiger partial charge is 0.316 e. The minimum atomic E-state index is -1.65. The van der Waals surface area contributed by atoms with Gasteiger partial charge in [0.05, 0.1) is 7.11 Å². The van der Waals surface area contributed by atoms with Crippen LogP contribution in [-0.2, 0) is 9.53 Å². The number of Topliss-reactive ketones (excluding diaryl/α,β-unsaturated/α-hetero) is 1. The largest absolute Gasteiger partial charge is 0.468 e. The summed E-state index contributed by atoms with van der Waals surface area (Å²) in [7, 11) is 1.13. The van der Waals surface area contributed by atoms with Crippen LogP contribution in [0.5, 0.6) is 0 Å². The van der Waals surface area contributed by atoms with Gasteiger partial charge in [-0.3, -0.25) is 9.59 Å². The van der Waals surface area contributed by atoms with Crippen LogP contribution in [0.3, 0.4) is 0 Å². The molecule has 0 aromatic heterocycles. The summed E-state index contributed by atoms with van der Waals surface area (Å²) in [5.41, 5.74) is -0.382. The molecule has 6 heteroatoms. The molecule has 0 heterocycles. The Morgan fingerprint density at radius 1 is 1.20 bits per heavy atom. The van der Waals surface area contributed by atoms with Gasteiger partial charge in [0.25, 0.3) is 0 Å². The third-order valence-corrected chi connectivity index (χ3v) is 2.92. The molecular weight excluding hydrogens is 273 g/mol. The fourth-order valence-corrected chi connectivity index (χ4v) is 1.81. The molecule has 1 aromatic carbocycles. The molecule has 0 N–H and O–H groups in total. The lowest BCUT2D eigenvalue weighted by molar-refractivity contribution is -0.143. The lowest BCUT2D eigenvalue weighted by atomic mass is 9.92. The summed E-state index contributed by atoms with van der Waals surface area (Å²) in [4.78, 5) is 23.7. The number of methoxy groups -OCH3 is 1. The normalized spacial score (nSPS) is 12.1. The number of hydrogen-bond donors (Lipinski definition) is 0. The average molecular weight is 288 g/mol. The van der Waals surface area contributed by atoms with E-state index in [9.17, 15) is 22.8 Å². The van der Waals surface area contributed by atoms with E-state index in [2.05, 4.69) is 4.74 Å². The number of benzene rings is 1. The van der Waals surface area contributed by atoms with Crippen LogP contribution in [0.25, 0.3) is 0 Å². The molecule has 0 radical (unpaired) electrons. The summed E-state index contributed by atoms with van der Waals surface area (Å²) < 4.78 is 43.6. The number of carbonyl (C=O) groups excluding carboxylic acids is 2. The molecule has 0 spiro atoms. The quantitative estimate of drug-likeness (QED) is 0.349. The van der Waals surface area contributed by atoms with Crippen molar-refractivity contribution < 1.29 is 27.5 Å². The van der Waals surface area contributed by atoms with Crippen LogP contribution in [0.2, 0.25) is 0 Å². The summed E-state index contributed by atoms with van der Waals surface area (Å²) in [6, 6.07) is 1.17. The summed E-state index contributed by atoms with van der Waals surface area (Å²) in [5.74, 6) is -7.26. The predicted octanol–water partition coefficient (Wildman–Crippen LogP) is 3.27. The van der Waals surface area contributed by atoms with Gasteiger partial charge in [-0.25, -0.2) is 13.2 Å². The Morgan fingerprint density at radius 3 is 2.20 bits per heavy atom. The highest BCUT2D eigenvalue weighted by molar-refractivity contribution is 6.08. The van der Waals surface area contributed by atoms with Crippen molar-refractivity contribution in [2.24, 2.45) is 5.92 Å². The second-order valence-electron chi connectivity index (χ2n) is 4.34. The summed E-state index contributed by atoms with van der Waals surface area (Å²) in [6.07, 6.45) is 1.53. The predicted molar refractivity (Wildman–Crippen MR) is 65.7 cm³/mol. The van der Waals surface area contributed by atoms with Crippen molar-refractivity contribution in [1.82, 2.24) is 0 Å². The SMILES string of the molecule is CCCCC(C(=O)OC)C(=O)c1cc(F)c(F)c(F)c1. The fourth-order valence-electron chi connectivity index (χ4n) is 1.81. The summed E-state index contributed by atoms with van der Waals surface area (Å²) >= 11 is 0. The van der Waals surface area contributed by atoms with Crippen LogP contribution >= 0.6 is 0 Å². The van der Waals surface area contributed by atoms with Crippen LogP contribution in [-0.4, -0.2) is 18.9 Å². The van der Waals surface area contributed by atoms with E-state index in [4.69, 9.17) is 0 Å². The molecule has 0 bridgehead atoms. The number of hydrogen-bond acceptors (Lipinski definition) is 3. The molecule has 0 amide bonds. The third-order valence-electron chi connectivity index (χ3n) is 2.92. The second kappa shape index (κ2) is 7.07. The van der Waals surface area contributed by atoms with Gasteiger partial charge in [0, 0.05) is 5.56 Å². The molecule has 3 nitrogen and oxygen atoms in total. The Hall–Kier alpha value is -1.85. The molecule has 0 aliphatic heterocycles. The van der Waals surface area contributed by atoms with E-state index in [0.29, 0.717) is 18.6 Å². The van der Waals surface area contributed by atoms with Crippen LogP contribution in [0.15, 0.2) is 12.1 Å². The van der Waals surface area contributed by atoms with Gasteiger partial charge in [0.1, 0.15) is 5.92 Å². The number of halogens is 3. The van der Waals surface area contributed by atoms with Crippen molar-refractivity contribution in [3.05, 3.63) is 35.1 Å². The standard InChI is InChI=1S/C14H15F3O3/c1-3-4-5-9(14(19)20-2)13(18)8-6-10(15)12(17)11(16)7-8/h6-7,9H,3-5H2,1-2H3. The highest BCUT2D eigenvalue weighted by Crippen LogP contribution is 2.20. The van der Waals surface area contributed by atoms with Gasteiger partial charge in [-0.05, 0) is 18.6 Å². The van der Waals surface area contributed by atoms with Crippen molar-refractivity contribution in [2.45, 2.75) is 26.2 Å². The first kappa shape index (κ1) is 16.2. The molecule has 0 fully saturated rings. The van der Waals surface area contributed by atoms with E-state index >= 15 is 0 Å². The average Bonchev–Trinajstić information content (AvgIpc) is 2.43. The lowest BCUT2D eigenvalue weighted by Crippen LogP contribution is -2.26. The number of carbonyl (C=O) groups is 2. The van der Waals surface area contributed by atoms with E-state index in [1.807, 2.05) is 6.92 Å². The number of esters is 1. The Kier molecular flexibility index (Phi) is 5.73. The van der Waals surface area contributed by atoms with E-state index in [1.54, 1.807) is 0 Å². The molecule has 110 valence electrons. The Bertz CT molecular complexity index is 491. The molecule has 0 saturated carbocycles. The van der Waals surface area contributed by atoms with Crippen LogP contribution in [0.1, 0.15) is 36.5 Å². The van der Waals surface area contributed by atoms with Gasteiger partial charge in [0.15, 0.2) is 23.2 Å². The van der Waals surface area contributed by atoms with E-state index in [0.717, 1.165) is 13.5 Å². The van der Waals surface area contributed by atoms with Gasteiger partial charge in [-0.2, -0.15) is 0 Å². The first-order valence-corrected chi connectivity index (χ1v) is 6.18. The van der Waals surface area contributed by atoms with Crippen LogP contribution in [0.4, 0.5) is 13.2 Å². The van der Waals surface area contributed by atoms with Crippen molar-refractivity contribution in [2.75, 3.05) is 7.11 Å². The number of unbranched alkanes of at least 4 members (excludes halogenated alkanes) is 1. The van der Waals surface area contributed by atoms with Crippen LogP contribution < -0.4 is 0 Å². The molecule has 0 aliphatic carbocycles. The van der Waals surface area contributed by atoms with Gasteiger partial charge < -0.3 is 4.74 Å². The highest BCUT2D eigenvalue weighted by atomic mass is 19.2. The van der Waals surface area contributed by atoms with Crippen LogP contribution in [0, 0.1) is 23.4 Å². The molecule has 1 atom stereocenters. The van der Waals surface area contributed by atoms with Crippen molar-refractivity contribution in [1.29, 1.82) is 0 Å². The zero-order chi connectivity index (χ0) is 15.3. The Balaban J connectivity index is 3.08. The minimum absolute atomic E-state index is 0.211. The maximum Gasteiger partial charge on any atom is 0.316 e. The minimum Gasteiger partial charge on any atom is -0.468 e. The first-order chi connectivity index (χ1) is 9.42. The molecule has 1 aromatic rings. The Morgan fingerprint density at radius 2 is 1.75 bits per heavy atom. The van der Waals surface area contributed by atoms with E-state index < -0.39 is 35.1 Å².